The lowest BCUT2D eigenvalue weighted by atomic mass is 9.81. The minimum absolute atomic E-state index is 0.00287. The van der Waals surface area contributed by atoms with Gasteiger partial charge in [-0.1, -0.05) is 67.6 Å². The van der Waals surface area contributed by atoms with Crippen molar-refractivity contribution in [2.45, 2.75) is 144 Å². The van der Waals surface area contributed by atoms with Crippen molar-refractivity contribution in [2.75, 3.05) is 13.7 Å². The van der Waals surface area contributed by atoms with Gasteiger partial charge in [0.25, 0.3) is 0 Å². The molecule has 4 aliphatic rings. The highest BCUT2D eigenvalue weighted by molar-refractivity contribution is 5.89. The minimum atomic E-state index is -1.81. The molecule has 3 heterocycles. The molecule has 2 aliphatic heterocycles. The fraction of sp³-hybridized carbons (Fsp3) is 0.614. The number of nitrogens with zero attached hydrogens (tertiary/aromatic N) is 3. The first-order valence-electron chi connectivity index (χ1n) is 21.6. The summed E-state index contributed by atoms with van der Waals surface area (Å²) in [5.74, 6) is -4.40. The SMILES string of the molecule is COC(=O)C1CC(n2cc(-c3cccc(F)c3)nn2)[C@@H](O[C@@H]2OC(C)[C@@H](O)[C@H](O)C2O)[C@H](O[C@@H]2OC(CO)[C@H](O)[C@H](O[C@@H](CC3CCCCC3)C(=O)O)C2OC(=O)c2ccccc2)C1. The Hall–Kier alpha value is -4.48. The standard InChI is InChI=1S/C44H56FN3O16/c1-22-33(50)35(52)36(53)43(59-22)64-37-29(48-20-28(46-47-48)25-14-9-15-27(45)17-25)18-26(41(56)58-2)19-30(37)61-44-39(63-42(57)24-12-7-4-8-13-24)38(34(51)32(21-49)62-44)60-31(40(54)55)16-23-10-5-3-6-11-23/h4,7-9,12-15,17,20,22-23,26,29-39,43-44,49-53H,3,5-6,10-11,16,18-19,21H2,1-2H3,(H,54,55)/t22?,26?,29?,30-,31+,32?,33-,34+,35+,36?,37-,38+,39?,43+,44-/m1/s1. The van der Waals surface area contributed by atoms with Crippen LogP contribution in [0.3, 0.4) is 0 Å². The van der Waals surface area contributed by atoms with Crippen molar-refractivity contribution >= 4 is 17.9 Å². The molecule has 64 heavy (non-hydrogen) atoms. The van der Waals surface area contributed by atoms with Gasteiger partial charge in [-0.15, -0.1) is 5.10 Å². The third kappa shape index (κ3) is 10.8. The molecule has 0 radical (unpaired) electrons. The molecule has 20 heteroatoms. The van der Waals surface area contributed by atoms with Crippen molar-refractivity contribution in [3.05, 3.63) is 72.2 Å². The Labute approximate surface area is 367 Å². The summed E-state index contributed by atoms with van der Waals surface area (Å²) in [5.41, 5.74) is 0.691. The van der Waals surface area contributed by atoms with Gasteiger partial charge in [0.1, 0.15) is 54.2 Å². The van der Waals surface area contributed by atoms with Gasteiger partial charge >= 0.3 is 17.9 Å². The average molecular weight is 902 g/mol. The van der Waals surface area contributed by atoms with E-state index in [0.29, 0.717) is 5.56 Å². The van der Waals surface area contributed by atoms with E-state index in [-0.39, 0.29) is 36.4 Å². The monoisotopic (exact) mass is 901 g/mol. The summed E-state index contributed by atoms with van der Waals surface area (Å²) in [7, 11) is 1.19. The van der Waals surface area contributed by atoms with Crippen LogP contribution in [0.15, 0.2) is 60.8 Å². The predicted molar refractivity (Wildman–Crippen MR) is 216 cm³/mol. The summed E-state index contributed by atoms with van der Waals surface area (Å²) in [6, 6.07) is 12.4. The van der Waals surface area contributed by atoms with Gasteiger partial charge < -0.3 is 63.8 Å². The normalized spacial score (nSPS) is 34.1. The molecule has 0 spiro atoms. The molecular weight excluding hydrogens is 845 g/mol. The number of carbonyl (C=O) groups is 3. The summed E-state index contributed by atoms with van der Waals surface area (Å²) < 4.78 is 58.2. The van der Waals surface area contributed by atoms with Gasteiger partial charge in [-0.3, -0.25) is 4.79 Å². The summed E-state index contributed by atoms with van der Waals surface area (Å²) in [5, 5.41) is 73.6. The Kier molecular flexibility index (Phi) is 15.7. The van der Waals surface area contributed by atoms with E-state index >= 15 is 0 Å². The van der Waals surface area contributed by atoms with Crippen molar-refractivity contribution in [1.82, 2.24) is 15.0 Å². The number of carbonyl (C=O) groups excluding carboxylic acids is 2. The van der Waals surface area contributed by atoms with E-state index in [1.54, 1.807) is 24.3 Å². The van der Waals surface area contributed by atoms with Crippen molar-refractivity contribution in [3.63, 3.8) is 0 Å². The molecule has 19 nitrogen and oxygen atoms in total. The number of carboxylic acids is 1. The van der Waals surface area contributed by atoms with Crippen molar-refractivity contribution < 1.29 is 82.6 Å². The average Bonchev–Trinajstić information content (AvgIpc) is 3.80. The molecule has 6 N–H and O–H groups in total. The summed E-state index contributed by atoms with van der Waals surface area (Å²) in [6.45, 7) is 0.639. The Morgan fingerprint density at radius 3 is 2.31 bits per heavy atom. The third-order valence-corrected chi connectivity index (χ3v) is 12.6. The molecule has 2 aliphatic carbocycles. The molecule has 6 unspecified atom stereocenters. The quantitative estimate of drug-likeness (QED) is 0.119. The highest BCUT2D eigenvalue weighted by Gasteiger charge is 2.55. The predicted octanol–water partition coefficient (Wildman–Crippen LogP) is 1.92. The van der Waals surface area contributed by atoms with E-state index < -0.39 is 122 Å². The van der Waals surface area contributed by atoms with Crippen LogP contribution in [0.4, 0.5) is 4.39 Å². The van der Waals surface area contributed by atoms with Crippen LogP contribution in [0.1, 0.15) is 74.7 Å². The molecule has 2 saturated heterocycles. The molecule has 15 atom stereocenters. The number of carboxylic acid groups (broad SMARTS) is 1. The number of methoxy groups -OCH3 is 1. The largest absolute Gasteiger partial charge is 0.479 e. The van der Waals surface area contributed by atoms with Gasteiger partial charge in [0.15, 0.2) is 24.8 Å². The third-order valence-electron chi connectivity index (χ3n) is 12.6. The number of benzene rings is 2. The topological polar surface area (TPSA) is 268 Å². The molecular formula is C44H56FN3O16. The Morgan fingerprint density at radius 2 is 1.62 bits per heavy atom. The van der Waals surface area contributed by atoms with E-state index in [9.17, 15) is 49.4 Å². The lowest BCUT2D eigenvalue weighted by Gasteiger charge is -2.48. The first-order chi connectivity index (χ1) is 30.8. The van der Waals surface area contributed by atoms with Gasteiger partial charge in [-0.25, -0.2) is 18.7 Å². The number of rotatable bonds is 15. The van der Waals surface area contributed by atoms with Crippen molar-refractivity contribution in [2.24, 2.45) is 11.8 Å². The lowest BCUT2D eigenvalue weighted by Crippen LogP contribution is -2.64. The molecule has 4 fully saturated rings. The van der Waals surface area contributed by atoms with Gasteiger partial charge in [0.2, 0.25) is 0 Å². The molecule has 2 saturated carbocycles. The Balaban J connectivity index is 1.29. The lowest BCUT2D eigenvalue weighted by molar-refractivity contribution is -0.349. The Morgan fingerprint density at radius 1 is 0.875 bits per heavy atom. The number of aromatic nitrogens is 3. The van der Waals surface area contributed by atoms with Crippen LogP contribution in [0, 0.1) is 17.7 Å². The van der Waals surface area contributed by atoms with Crippen LogP contribution in [0.5, 0.6) is 0 Å². The number of esters is 2. The van der Waals surface area contributed by atoms with E-state index in [0.717, 1.165) is 32.1 Å². The number of halogens is 1. The summed E-state index contributed by atoms with van der Waals surface area (Å²) in [4.78, 5) is 40.1. The minimum Gasteiger partial charge on any atom is -0.479 e. The highest BCUT2D eigenvalue weighted by Crippen LogP contribution is 2.42. The molecule has 0 bridgehead atoms. The van der Waals surface area contributed by atoms with E-state index in [4.69, 9.17) is 33.2 Å². The number of hydrogen-bond donors (Lipinski definition) is 6. The van der Waals surface area contributed by atoms with E-state index in [1.165, 1.54) is 55.2 Å². The summed E-state index contributed by atoms with van der Waals surface area (Å²) >= 11 is 0. The molecule has 350 valence electrons. The maximum absolute atomic E-state index is 14.3. The molecule has 0 amide bonds. The van der Waals surface area contributed by atoms with Gasteiger partial charge in [0.05, 0.1) is 49.6 Å². The maximum atomic E-state index is 14.3. The number of aliphatic carboxylic acids is 1. The van der Waals surface area contributed by atoms with Crippen LogP contribution in [-0.2, 0) is 42.7 Å². The van der Waals surface area contributed by atoms with Crippen LogP contribution in [0.25, 0.3) is 11.3 Å². The zero-order valence-corrected chi connectivity index (χ0v) is 35.4. The molecule has 3 aromatic rings. The second-order valence-corrected chi connectivity index (χ2v) is 16.9. The van der Waals surface area contributed by atoms with Crippen LogP contribution < -0.4 is 0 Å². The maximum Gasteiger partial charge on any atom is 0.338 e. The first kappa shape index (κ1) is 47.5. The number of hydrogen-bond acceptors (Lipinski definition) is 17. The second kappa shape index (κ2) is 21.2. The second-order valence-electron chi connectivity index (χ2n) is 16.9. The number of aliphatic hydroxyl groups is 5. The van der Waals surface area contributed by atoms with Gasteiger partial charge in [-0.2, -0.15) is 0 Å². The van der Waals surface area contributed by atoms with Crippen LogP contribution >= 0.6 is 0 Å². The summed E-state index contributed by atoms with van der Waals surface area (Å²) in [6.07, 6.45) is -14.5. The van der Waals surface area contributed by atoms with E-state index in [1.807, 2.05) is 0 Å². The number of ether oxygens (including phenoxy) is 7. The Bertz CT molecular complexity index is 2020. The van der Waals surface area contributed by atoms with E-state index in [2.05, 4.69) is 10.3 Å². The smallest absolute Gasteiger partial charge is 0.338 e. The molecule has 2 aromatic carbocycles. The van der Waals surface area contributed by atoms with Crippen LogP contribution in [0.2, 0.25) is 0 Å². The fourth-order valence-electron chi connectivity index (χ4n) is 9.11. The first-order valence-corrected chi connectivity index (χ1v) is 21.6. The number of aliphatic hydroxyl groups excluding tert-OH is 5. The fourth-order valence-corrected chi connectivity index (χ4v) is 9.11. The van der Waals surface area contributed by atoms with Crippen molar-refractivity contribution in [3.8, 4) is 11.3 Å². The molecule has 7 rings (SSSR count). The van der Waals surface area contributed by atoms with Gasteiger partial charge in [-0.05, 0) is 56.4 Å². The van der Waals surface area contributed by atoms with Crippen molar-refractivity contribution in [1.29, 1.82) is 0 Å². The zero-order valence-electron chi connectivity index (χ0n) is 35.4. The van der Waals surface area contributed by atoms with Gasteiger partial charge in [0, 0.05) is 5.56 Å². The zero-order chi connectivity index (χ0) is 45.7. The van der Waals surface area contributed by atoms with Crippen LogP contribution in [-0.4, -0.2) is 157 Å². The highest BCUT2D eigenvalue weighted by atomic mass is 19.1. The molecule has 1 aromatic heterocycles.